The molecule has 1 saturated heterocycles. The third-order valence-corrected chi connectivity index (χ3v) is 4.03. The molecule has 2 N–H and O–H groups in total. The van der Waals surface area contributed by atoms with Gasteiger partial charge in [0, 0.05) is 5.02 Å². The summed E-state index contributed by atoms with van der Waals surface area (Å²) in [5, 5.41) is 14.0. The van der Waals surface area contributed by atoms with E-state index in [-0.39, 0.29) is 5.60 Å². The lowest BCUT2D eigenvalue weighted by Gasteiger charge is -2.43. The summed E-state index contributed by atoms with van der Waals surface area (Å²) in [6.45, 7) is 2.28. The van der Waals surface area contributed by atoms with Crippen LogP contribution in [0.25, 0.3) is 0 Å². The first-order chi connectivity index (χ1) is 8.21. The summed E-state index contributed by atoms with van der Waals surface area (Å²) >= 11 is 6.07. The summed E-state index contributed by atoms with van der Waals surface area (Å²) in [5.74, 6) is 0. The molecule has 0 bridgehead atoms. The number of halogens is 1. The summed E-state index contributed by atoms with van der Waals surface area (Å²) < 4.78 is 5.95. The molecular weight excluding hydrogens is 238 g/mol. The molecule has 1 spiro atoms. The number of ether oxygens (including phenoxy) is 1. The molecule has 0 saturated carbocycles. The van der Waals surface area contributed by atoms with E-state index in [4.69, 9.17) is 16.3 Å². The Hall–Kier alpha value is -0.610. The normalized spacial score (nSPS) is 26.8. The fourth-order valence-corrected chi connectivity index (χ4v) is 3.04. The molecule has 1 aromatic rings. The number of aliphatic hydroxyl groups is 1. The molecule has 3 nitrogen and oxygen atoms in total. The lowest BCUT2D eigenvalue weighted by molar-refractivity contribution is -0.118. The Labute approximate surface area is 106 Å². The second-order valence-corrected chi connectivity index (χ2v) is 5.24. The van der Waals surface area contributed by atoms with Crippen molar-refractivity contribution < 1.29 is 9.84 Å². The van der Waals surface area contributed by atoms with Crippen LogP contribution in [0.15, 0.2) is 18.2 Å². The number of aliphatic hydroxyl groups excluding tert-OH is 1. The van der Waals surface area contributed by atoms with Crippen LogP contribution in [0.4, 0.5) is 0 Å². The van der Waals surface area contributed by atoms with Gasteiger partial charge in [-0.1, -0.05) is 17.7 Å². The number of nitrogens with one attached hydrogen (secondary N) is 1. The van der Waals surface area contributed by atoms with Crippen LogP contribution in [-0.4, -0.2) is 24.8 Å². The lowest BCUT2D eigenvalue weighted by Crippen LogP contribution is -2.45. The molecule has 0 aromatic heterocycles. The third kappa shape index (κ3) is 1.87. The summed E-state index contributed by atoms with van der Waals surface area (Å²) in [4.78, 5) is 0. The second kappa shape index (κ2) is 4.25. The standard InChI is InChI=1S/C13H16ClNO2/c14-9-1-2-10-11(7-9)13(17-8-12(10)16)3-5-15-6-4-13/h1-2,7,12,15-16H,3-6,8H2. The molecular formula is C13H16ClNO2. The number of piperidine rings is 1. The van der Waals surface area contributed by atoms with Gasteiger partial charge in [-0.25, -0.2) is 0 Å². The van der Waals surface area contributed by atoms with E-state index in [1.165, 1.54) is 0 Å². The molecule has 17 heavy (non-hydrogen) atoms. The highest BCUT2D eigenvalue weighted by molar-refractivity contribution is 6.30. The highest BCUT2D eigenvalue weighted by atomic mass is 35.5. The third-order valence-electron chi connectivity index (χ3n) is 3.79. The highest BCUT2D eigenvalue weighted by Crippen LogP contribution is 2.43. The van der Waals surface area contributed by atoms with E-state index in [0.717, 1.165) is 37.1 Å². The first kappa shape index (κ1) is 11.5. The molecule has 0 amide bonds. The van der Waals surface area contributed by atoms with Gasteiger partial charge < -0.3 is 15.2 Å². The number of hydrogen-bond acceptors (Lipinski definition) is 3. The largest absolute Gasteiger partial charge is 0.386 e. The van der Waals surface area contributed by atoms with Crippen LogP contribution in [0.2, 0.25) is 5.02 Å². The van der Waals surface area contributed by atoms with Gasteiger partial charge in [-0.2, -0.15) is 0 Å². The fourth-order valence-electron chi connectivity index (χ4n) is 2.86. The molecule has 1 fully saturated rings. The molecule has 92 valence electrons. The van der Waals surface area contributed by atoms with E-state index in [2.05, 4.69) is 5.32 Å². The molecule has 1 aromatic carbocycles. The molecule has 2 aliphatic heterocycles. The van der Waals surface area contributed by atoms with Crippen molar-refractivity contribution >= 4 is 11.6 Å². The van der Waals surface area contributed by atoms with Gasteiger partial charge in [-0.3, -0.25) is 0 Å². The Bertz CT molecular complexity index is 429. The fraction of sp³-hybridized carbons (Fsp3) is 0.538. The van der Waals surface area contributed by atoms with Crippen LogP contribution < -0.4 is 5.32 Å². The minimum absolute atomic E-state index is 0.245. The Morgan fingerprint density at radius 3 is 2.88 bits per heavy atom. The highest BCUT2D eigenvalue weighted by Gasteiger charge is 2.41. The van der Waals surface area contributed by atoms with Crippen LogP contribution in [-0.2, 0) is 10.3 Å². The number of fused-ring (bicyclic) bond motifs is 2. The number of benzene rings is 1. The zero-order chi connectivity index (χ0) is 11.9. The predicted octanol–water partition coefficient (Wildman–Crippen LogP) is 1.98. The van der Waals surface area contributed by atoms with Gasteiger partial charge >= 0.3 is 0 Å². The molecule has 4 heteroatoms. The van der Waals surface area contributed by atoms with Crippen molar-refractivity contribution in [2.75, 3.05) is 19.7 Å². The van der Waals surface area contributed by atoms with Crippen LogP contribution in [0.5, 0.6) is 0 Å². The number of rotatable bonds is 0. The Morgan fingerprint density at radius 2 is 2.12 bits per heavy atom. The first-order valence-electron chi connectivity index (χ1n) is 6.04. The van der Waals surface area contributed by atoms with Crippen LogP contribution in [0.3, 0.4) is 0 Å². The molecule has 2 heterocycles. The van der Waals surface area contributed by atoms with E-state index in [9.17, 15) is 5.11 Å². The van der Waals surface area contributed by atoms with Gasteiger partial charge in [0.05, 0.1) is 12.2 Å². The monoisotopic (exact) mass is 253 g/mol. The second-order valence-electron chi connectivity index (χ2n) is 4.80. The van der Waals surface area contributed by atoms with Crippen molar-refractivity contribution in [1.82, 2.24) is 5.32 Å². The van der Waals surface area contributed by atoms with Crippen LogP contribution in [0.1, 0.15) is 30.1 Å². The summed E-state index contributed by atoms with van der Waals surface area (Å²) in [7, 11) is 0. The minimum atomic E-state index is -0.525. The zero-order valence-electron chi connectivity index (χ0n) is 9.58. The van der Waals surface area contributed by atoms with Gasteiger partial charge in [0.1, 0.15) is 6.10 Å². The van der Waals surface area contributed by atoms with Crippen molar-refractivity contribution in [1.29, 1.82) is 0 Å². The quantitative estimate of drug-likeness (QED) is 0.743. The van der Waals surface area contributed by atoms with Crippen molar-refractivity contribution in [3.8, 4) is 0 Å². The van der Waals surface area contributed by atoms with Crippen LogP contribution in [0, 0.1) is 0 Å². The van der Waals surface area contributed by atoms with E-state index in [1.807, 2.05) is 18.2 Å². The SMILES string of the molecule is OC1COC2(CCNCC2)c2cc(Cl)ccc21. The van der Waals surface area contributed by atoms with E-state index in [0.29, 0.717) is 11.6 Å². The van der Waals surface area contributed by atoms with Crippen LogP contribution >= 0.6 is 11.6 Å². The molecule has 0 aliphatic carbocycles. The minimum Gasteiger partial charge on any atom is -0.386 e. The van der Waals surface area contributed by atoms with Crippen molar-refractivity contribution in [2.45, 2.75) is 24.5 Å². The Balaban J connectivity index is 2.09. The van der Waals surface area contributed by atoms with Gasteiger partial charge in [0.2, 0.25) is 0 Å². The van der Waals surface area contributed by atoms with E-state index < -0.39 is 6.10 Å². The van der Waals surface area contributed by atoms with E-state index in [1.54, 1.807) is 0 Å². The summed E-state index contributed by atoms with van der Waals surface area (Å²) in [6.07, 6.45) is 1.35. The molecule has 0 radical (unpaired) electrons. The topological polar surface area (TPSA) is 41.5 Å². The average molecular weight is 254 g/mol. The Morgan fingerprint density at radius 1 is 1.35 bits per heavy atom. The maximum absolute atomic E-state index is 9.98. The summed E-state index contributed by atoms with van der Waals surface area (Å²) in [5.41, 5.74) is 1.80. The Kier molecular flexibility index (Phi) is 2.87. The smallest absolute Gasteiger partial charge is 0.103 e. The van der Waals surface area contributed by atoms with Gasteiger partial charge in [-0.05, 0) is 49.2 Å². The average Bonchev–Trinajstić information content (AvgIpc) is 2.36. The maximum Gasteiger partial charge on any atom is 0.103 e. The van der Waals surface area contributed by atoms with Crippen molar-refractivity contribution in [3.05, 3.63) is 34.3 Å². The van der Waals surface area contributed by atoms with E-state index >= 15 is 0 Å². The van der Waals surface area contributed by atoms with Crippen molar-refractivity contribution in [3.63, 3.8) is 0 Å². The molecule has 2 aliphatic rings. The van der Waals surface area contributed by atoms with Gasteiger partial charge in [-0.15, -0.1) is 0 Å². The zero-order valence-corrected chi connectivity index (χ0v) is 10.3. The first-order valence-corrected chi connectivity index (χ1v) is 6.42. The van der Waals surface area contributed by atoms with Gasteiger partial charge in [0.15, 0.2) is 0 Å². The molecule has 3 rings (SSSR count). The van der Waals surface area contributed by atoms with Crippen molar-refractivity contribution in [2.24, 2.45) is 0 Å². The molecule has 1 atom stereocenters. The lowest BCUT2D eigenvalue weighted by atomic mass is 9.79. The maximum atomic E-state index is 9.98. The van der Waals surface area contributed by atoms with Gasteiger partial charge in [0.25, 0.3) is 0 Å². The molecule has 1 unspecified atom stereocenters. The summed E-state index contributed by atoms with van der Waals surface area (Å²) in [6, 6.07) is 5.71. The number of hydrogen-bond donors (Lipinski definition) is 2. The predicted molar refractivity (Wildman–Crippen MR) is 66.1 cm³/mol.